The lowest BCUT2D eigenvalue weighted by molar-refractivity contribution is 0.106. The van der Waals surface area contributed by atoms with Crippen LogP contribution < -0.4 is 5.32 Å². The maximum Gasteiger partial charge on any atom is 0.0543 e. The zero-order valence-electron chi connectivity index (χ0n) is 11.4. The maximum atomic E-state index is 5.30. The van der Waals surface area contributed by atoms with Gasteiger partial charge in [0.15, 0.2) is 0 Å². The van der Waals surface area contributed by atoms with Crippen molar-refractivity contribution in [3.63, 3.8) is 0 Å². The molecule has 1 N–H and O–H groups in total. The van der Waals surface area contributed by atoms with Gasteiger partial charge in [-0.05, 0) is 54.4 Å². The summed E-state index contributed by atoms with van der Waals surface area (Å²) in [7, 11) is 1.77. The number of nitrogens with zero attached hydrogens (tertiary/aromatic N) is 1. The largest absolute Gasteiger partial charge is 0.382 e. The highest BCUT2D eigenvalue weighted by Crippen LogP contribution is 2.12. The molecule has 1 aromatic rings. The SMILES string of the molecule is CCNC(CCC(C)OC)Cc1ccc(Br)cn1. The molecule has 102 valence electrons. The quantitative estimate of drug-likeness (QED) is 0.800. The highest BCUT2D eigenvalue weighted by Gasteiger charge is 2.11. The number of hydrogen-bond acceptors (Lipinski definition) is 3. The van der Waals surface area contributed by atoms with Gasteiger partial charge in [0.1, 0.15) is 0 Å². The summed E-state index contributed by atoms with van der Waals surface area (Å²) in [5, 5.41) is 3.52. The van der Waals surface area contributed by atoms with Crippen molar-refractivity contribution in [2.75, 3.05) is 13.7 Å². The Kier molecular flexibility index (Phi) is 7.47. The Hall–Kier alpha value is -0.450. The fourth-order valence-corrected chi connectivity index (χ4v) is 2.13. The zero-order valence-corrected chi connectivity index (χ0v) is 13.0. The van der Waals surface area contributed by atoms with Crippen LogP contribution in [0.4, 0.5) is 0 Å². The monoisotopic (exact) mass is 314 g/mol. The van der Waals surface area contributed by atoms with Crippen LogP contribution in [-0.4, -0.2) is 30.8 Å². The lowest BCUT2D eigenvalue weighted by Crippen LogP contribution is -2.32. The first-order valence-electron chi connectivity index (χ1n) is 6.52. The van der Waals surface area contributed by atoms with Crippen molar-refractivity contribution in [3.05, 3.63) is 28.5 Å². The van der Waals surface area contributed by atoms with Gasteiger partial charge in [-0.15, -0.1) is 0 Å². The molecule has 0 saturated carbocycles. The molecule has 4 heteroatoms. The van der Waals surface area contributed by atoms with Gasteiger partial charge in [-0.25, -0.2) is 0 Å². The van der Waals surface area contributed by atoms with Crippen molar-refractivity contribution in [1.29, 1.82) is 0 Å². The van der Waals surface area contributed by atoms with Crippen molar-refractivity contribution in [1.82, 2.24) is 10.3 Å². The van der Waals surface area contributed by atoms with Crippen LogP contribution in [0.5, 0.6) is 0 Å². The second-order valence-electron chi connectivity index (χ2n) is 4.55. The number of likely N-dealkylation sites (N-methyl/N-ethyl adjacent to an activating group) is 1. The molecule has 0 aromatic carbocycles. The van der Waals surface area contributed by atoms with Crippen LogP contribution in [0.3, 0.4) is 0 Å². The number of methoxy groups -OCH3 is 1. The molecule has 2 atom stereocenters. The average molecular weight is 315 g/mol. The molecule has 0 aliphatic rings. The minimum atomic E-state index is 0.323. The van der Waals surface area contributed by atoms with Crippen molar-refractivity contribution in [2.24, 2.45) is 0 Å². The molecule has 0 spiro atoms. The highest BCUT2D eigenvalue weighted by molar-refractivity contribution is 9.10. The summed E-state index contributed by atoms with van der Waals surface area (Å²) in [6, 6.07) is 4.60. The number of ether oxygens (including phenoxy) is 1. The standard InChI is InChI=1S/C14H23BrN2O/c1-4-16-13(7-5-11(2)18-3)9-14-8-6-12(15)10-17-14/h6,8,10-11,13,16H,4-5,7,9H2,1-3H3. The Morgan fingerprint density at radius 2 is 2.17 bits per heavy atom. The molecule has 18 heavy (non-hydrogen) atoms. The minimum Gasteiger partial charge on any atom is -0.382 e. The summed E-state index contributed by atoms with van der Waals surface area (Å²) in [4.78, 5) is 4.43. The van der Waals surface area contributed by atoms with Gasteiger partial charge in [-0.1, -0.05) is 6.92 Å². The zero-order chi connectivity index (χ0) is 13.4. The molecule has 0 radical (unpaired) electrons. The van der Waals surface area contributed by atoms with Crippen LogP contribution in [0, 0.1) is 0 Å². The van der Waals surface area contributed by atoms with Gasteiger partial charge < -0.3 is 10.1 Å². The van der Waals surface area contributed by atoms with Crippen LogP contribution in [-0.2, 0) is 11.2 Å². The Balaban J connectivity index is 2.48. The van der Waals surface area contributed by atoms with E-state index in [4.69, 9.17) is 4.74 Å². The number of aromatic nitrogens is 1. The van der Waals surface area contributed by atoms with Crippen molar-refractivity contribution < 1.29 is 4.74 Å². The fourth-order valence-electron chi connectivity index (χ4n) is 1.90. The van der Waals surface area contributed by atoms with E-state index in [9.17, 15) is 0 Å². The van der Waals surface area contributed by atoms with Crippen LogP contribution >= 0.6 is 15.9 Å². The topological polar surface area (TPSA) is 34.1 Å². The summed E-state index contributed by atoms with van der Waals surface area (Å²) >= 11 is 3.41. The fraction of sp³-hybridized carbons (Fsp3) is 0.643. The predicted octanol–water partition coefficient (Wildman–Crippen LogP) is 3.18. The molecule has 0 aliphatic carbocycles. The van der Waals surface area contributed by atoms with Gasteiger partial charge in [0.05, 0.1) is 6.10 Å². The number of halogens is 1. The molecule has 0 amide bonds. The Morgan fingerprint density at radius 3 is 2.72 bits per heavy atom. The first-order valence-corrected chi connectivity index (χ1v) is 7.31. The van der Waals surface area contributed by atoms with Gasteiger partial charge in [0.2, 0.25) is 0 Å². The van der Waals surface area contributed by atoms with Crippen LogP contribution in [0.15, 0.2) is 22.8 Å². The second kappa shape index (κ2) is 8.62. The van der Waals surface area contributed by atoms with E-state index in [0.717, 1.165) is 36.0 Å². The van der Waals surface area contributed by atoms with Crippen molar-refractivity contribution in [2.45, 2.75) is 45.3 Å². The number of pyridine rings is 1. The smallest absolute Gasteiger partial charge is 0.0543 e. The molecule has 2 unspecified atom stereocenters. The molecule has 1 rings (SSSR count). The maximum absolute atomic E-state index is 5.30. The third-order valence-corrected chi connectivity index (χ3v) is 3.53. The van der Waals surface area contributed by atoms with Gasteiger partial charge >= 0.3 is 0 Å². The van der Waals surface area contributed by atoms with Crippen LogP contribution in [0.2, 0.25) is 0 Å². The normalized spacial score (nSPS) is 14.4. The Bertz CT molecular complexity index is 329. The molecule has 0 bridgehead atoms. The van der Waals surface area contributed by atoms with E-state index in [0.29, 0.717) is 12.1 Å². The highest BCUT2D eigenvalue weighted by atomic mass is 79.9. The van der Waals surface area contributed by atoms with Crippen LogP contribution in [0.25, 0.3) is 0 Å². The van der Waals surface area contributed by atoms with E-state index in [2.05, 4.69) is 46.1 Å². The van der Waals surface area contributed by atoms with E-state index in [1.807, 2.05) is 12.3 Å². The molecule has 0 aliphatic heterocycles. The van der Waals surface area contributed by atoms with Crippen molar-refractivity contribution in [3.8, 4) is 0 Å². The van der Waals surface area contributed by atoms with E-state index in [-0.39, 0.29) is 0 Å². The average Bonchev–Trinajstić information content (AvgIpc) is 2.38. The Labute approximate surface area is 118 Å². The molecule has 0 fully saturated rings. The van der Waals surface area contributed by atoms with Gasteiger partial charge in [0.25, 0.3) is 0 Å². The summed E-state index contributed by atoms with van der Waals surface area (Å²) in [5.74, 6) is 0. The molecular weight excluding hydrogens is 292 g/mol. The molecule has 1 aromatic heterocycles. The first-order chi connectivity index (χ1) is 8.65. The Morgan fingerprint density at radius 1 is 1.39 bits per heavy atom. The van der Waals surface area contributed by atoms with Crippen molar-refractivity contribution >= 4 is 15.9 Å². The third kappa shape index (κ3) is 5.94. The number of rotatable bonds is 8. The number of hydrogen-bond donors (Lipinski definition) is 1. The van der Waals surface area contributed by atoms with E-state index in [1.54, 1.807) is 7.11 Å². The van der Waals surface area contributed by atoms with E-state index in [1.165, 1.54) is 0 Å². The molecule has 1 heterocycles. The van der Waals surface area contributed by atoms with Gasteiger partial charge in [-0.2, -0.15) is 0 Å². The third-order valence-electron chi connectivity index (χ3n) is 3.06. The summed E-state index contributed by atoms with van der Waals surface area (Å²) < 4.78 is 6.32. The molecule has 0 saturated heterocycles. The van der Waals surface area contributed by atoms with E-state index >= 15 is 0 Å². The van der Waals surface area contributed by atoms with Gasteiger partial charge in [-0.3, -0.25) is 4.98 Å². The number of nitrogens with one attached hydrogen (secondary N) is 1. The first kappa shape index (κ1) is 15.6. The second-order valence-corrected chi connectivity index (χ2v) is 5.47. The minimum absolute atomic E-state index is 0.323. The molecule has 3 nitrogen and oxygen atoms in total. The van der Waals surface area contributed by atoms with Crippen LogP contribution in [0.1, 0.15) is 32.4 Å². The lowest BCUT2D eigenvalue weighted by Gasteiger charge is -2.19. The van der Waals surface area contributed by atoms with E-state index < -0.39 is 0 Å². The van der Waals surface area contributed by atoms with Gasteiger partial charge in [0, 0.05) is 35.9 Å². The predicted molar refractivity (Wildman–Crippen MR) is 78.8 cm³/mol. The lowest BCUT2D eigenvalue weighted by atomic mass is 10.0. The summed E-state index contributed by atoms with van der Waals surface area (Å²) in [6.07, 6.45) is 5.34. The molecular formula is C14H23BrN2O. The summed E-state index contributed by atoms with van der Waals surface area (Å²) in [5.41, 5.74) is 1.13. The summed E-state index contributed by atoms with van der Waals surface area (Å²) in [6.45, 7) is 5.24.